The Morgan fingerprint density at radius 2 is 2.12 bits per heavy atom. The van der Waals surface area contributed by atoms with E-state index in [0.717, 1.165) is 6.07 Å². The van der Waals surface area contributed by atoms with Gasteiger partial charge < -0.3 is 10.1 Å². The lowest BCUT2D eigenvalue weighted by molar-refractivity contribution is -0.141. The van der Waals surface area contributed by atoms with Crippen molar-refractivity contribution < 1.29 is 17.9 Å². The zero-order chi connectivity index (χ0) is 12.2. The molecule has 0 atom stereocenters. The number of aromatic nitrogens is 2. The van der Waals surface area contributed by atoms with E-state index in [9.17, 15) is 13.2 Å². The summed E-state index contributed by atoms with van der Waals surface area (Å²) in [5.41, 5.74) is -1.08. The summed E-state index contributed by atoms with van der Waals surface area (Å²) in [7, 11) is 1.48. The summed E-state index contributed by atoms with van der Waals surface area (Å²) >= 11 is 5.38. The highest BCUT2D eigenvalue weighted by atomic mass is 35.5. The largest absolute Gasteiger partial charge is 0.433 e. The summed E-state index contributed by atoms with van der Waals surface area (Å²) in [4.78, 5) is 6.70. The molecule has 0 bridgehead atoms. The Balaban J connectivity index is 2.82. The lowest BCUT2D eigenvalue weighted by Gasteiger charge is -2.09. The van der Waals surface area contributed by atoms with Gasteiger partial charge in [-0.1, -0.05) is 0 Å². The number of hydrogen-bond donors (Lipinski definition) is 1. The van der Waals surface area contributed by atoms with Crippen LogP contribution >= 0.6 is 11.6 Å². The van der Waals surface area contributed by atoms with Crippen molar-refractivity contribution >= 4 is 17.4 Å². The molecular weight excluding hydrogens is 247 g/mol. The quantitative estimate of drug-likeness (QED) is 0.662. The average molecular weight is 256 g/mol. The second kappa shape index (κ2) is 5.31. The first-order chi connectivity index (χ1) is 7.43. The molecule has 1 N–H and O–H groups in total. The van der Waals surface area contributed by atoms with Gasteiger partial charge in [-0.3, -0.25) is 0 Å². The van der Waals surface area contributed by atoms with Gasteiger partial charge in [-0.2, -0.15) is 13.2 Å². The molecular formula is C8H9ClF3N3O. The molecule has 0 aliphatic rings. The third kappa shape index (κ3) is 3.82. The minimum atomic E-state index is -4.54. The normalized spacial score (nSPS) is 11.6. The van der Waals surface area contributed by atoms with Crippen molar-refractivity contribution in [3.63, 3.8) is 0 Å². The number of alkyl halides is 3. The van der Waals surface area contributed by atoms with Crippen LogP contribution < -0.4 is 5.32 Å². The second-order valence-electron chi connectivity index (χ2n) is 2.82. The Kier molecular flexibility index (Phi) is 4.31. The summed E-state index contributed by atoms with van der Waals surface area (Å²) in [5, 5.41) is 2.19. The highest BCUT2D eigenvalue weighted by molar-refractivity contribution is 6.28. The minimum absolute atomic E-state index is 0.0179. The lowest BCUT2D eigenvalue weighted by Crippen LogP contribution is -2.13. The molecule has 0 radical (unpaired) electrons. The number of anilines is 1. The van der Waals surface area contributed by atoms with E-state index in [4.69, 9.17) is 16.3 Å². The molecule has 0 spiro atoms. The van der Waals surface area contributed by atoms with Crippen LogP contribution in [0.5, 0.6) is 0 Å². The first-order valence-corrected chi connectivity index (χ1v) is 4.66. The SMILES string of the molecule is COCCNc1cc(C(F)(F)F)nc(Cl)n1. The molecule has 1 rings (SSSR count). The van der Waals surface area contributed by atoms with Crippen molar-refractivity contribution in [2.75, 3.05) is 25.6 Å². The van der Waals surface area contributed by atoms with Crippen LogP contribution in [0.3, 0.4) is 0 Å². The highest BCUT2D eigenvalue weighted by Crippen LogP contribution is 2.29. The van der Waals surface area contributed by atoms with Crippen LogP contribution in [-0.2, 0) is 10.9 Å². The van der Waals surface area contributed by atoms with Gasteiger partial charge in [-0.15, -0.1) is 0 Å². The molecule has 0 amide bonds. The Morgan fingerprint density at radius 1 is 1.44 bits per heavy atom. The van der Waals surface area contributed by atoms with Crippen LogP contribution in [0, 0.1) is 0 Å². The Labute approximate surface area is 94.8 Å². The minimum Gasteiger partial charge on any atom is -0.383 e. The predicted molar refractivity (Wildman–Crippen MR) is 52.4 cm³/mol. The second-order valence-corrected chi connectivity index (χ2v) is 3.16. The number of rotatable bonds is 4. The van der Waals surface area contributed by atoms with Crippen LogP contribution in [0.15, 0.2) is 6.07 Å². The van der Waals surface area contributed by atoms with Gasteiger partial charge in [0.2, 0.25) is 5.28 Å². The zero-order valence-corrected chi connectivity index (χ0v) is 9.06. The topological polar surface area (TPSA) is 47.0 Å². The molecule has 90 valence electrons. The lowest BCUT2D eigenvalue weighted by atomic mass is 10.4. The summed E-state index contributed by atoms with van der Waals surface area (Å²) in [6, 6.07) is 0.793. The fourth-order valence-corrected chi connectivity index (χ4v) is 1.12. The number of hydrogen-bond acceptors (Lipinski definition) is 4. The monoisotopic (exact) mass is 255 g/mol. The Morgan fingerprint density at radius 3 is 2.69 bits per heavy atom. The van der Waals surface area contributed by atoms with E-state index >= 15 is 0 Å². The molecule has 0 unspecified atom stereocenters. The molecule has 0 aromatic carbocycles. The van der Waals surface area contributed by atoms with Gasteiger partial charge in [-0.25, -0.2) is 9.97 Å². The van der Waals surface area contributed by atoms with Crippen LogP contribution in [0.4, 0.5) is 19.0 Å². The summed E-state index contributed by atoms with van der Waals surface area (Å²) in [5.74, 6) is 0.0179. The van der Waals surface area contributed by atoms with E-state index in [1.807, 2.05) is 0 Å². The first-order valence-electron chi connectivity index (χ1n) is 4.28. The van der Waals surface area contributed by atoms with Crippen LogP contribution in [0.2, 0.25) is 5.28 Å². The van der Waals surface area contributed by atoms with Gasteiger partial charge in [0.05, 0.1) is 6.61 Å². The van der Waals surface area contributed by atoms with Crippen molar-refractivity contribution in [2.45, 2.75) is 6.18 Å². The van der Waals surface area contributed by atoms with Crippen molar-refractivity contribution in [1.29, 1.82) is 0 Å². The van der Waals surface area contributed by atoms with E-state index in [1.54, 1.807) is 0 Å². The van der Waals surface area contributed by atoms with Crippen molar-refractivity contribution in [1.82, 2.24) is 9.97 Å². The maximum absolute atomic E-state index is 12.3. The van der Waals surface area contributed by atoms with E-state index < -0.39 is 17.2 Å². The molecule has 0 saturated carbocycles. The Hall–Kier alpha value is -1.08. The number of nitrogens with one attached hydrogen (secondary N) is 1. The van der Waals surface area contributed by atoms with Crippen molar-refractivity contribution in [3.05, 3.63) is 17.0 Å². The first kappa shape index (κ1) is 13.0. The molecule has 1 aromatic rings. The molecule has 4 nitrogen and oxygen atoms in total. The Bertz CT molecular complexity index is 359. The summed E-state index contributed by atoms with van der Waals surface area (Å²) in [6.45, 7) is 0.685. The fraction of sp³-hybridized carbons (Fsp3) is 0.500. The van der Waals surface area contributed by atoms with E-state index in [2.05, 4.69) is 15.3 Å². The summed E-state index contributed by atoms with van der Waals surface area (Å²) < 4.78 is 41.7. The number of halogens is 4. The maximum Gasteiger partial charge on any atom is 0.433 e. The van der Waals surface area contributed by atoms with E-state index in [-0.39, 0.29) is 5.82 Å². The average Bonchev–Trinajstić information content (AvgIpc) is 2.16. The molecule has 0 aliphatic carbocycles. The molecule has 0 aliphatic heterocycles. The molecule has 0 saturated heterocycles. The van der Waals surface area contributed by atoms with Gasteiger partial charge in [0.15, 0.2) is 5.69 Å². The van der Waals surface area contributed by atoms with Gasteiger partial charge in [-0.05, 0) is 11.6 Å². The molecule has 16 heavy (non-hydrogen) atoms. The van der Waals surface area contributed by atoms with Crippen LogP contribution in [0.1, 0.15) is 5.69 Å². The van der Waals surface area contributed by atoms with Crippen molar-refractivity contribution in [2.24, 2.45) is 0 Å². The van der Waals surface area contributed by atoms with Crippen LogP contribution in [0.25, 0.3) is 0 Å². The number of methoxy groups -OCH3 is 1. The van der Waals surface area contributed by atoms with E-state index in [0.29, 0.717) is 13.2 Å². The van der Waals surface area contributed by atoms with Crippen LogP contribution in [-0.4, -0.2) is 30.2 Å². The standard InChI is InChI=1S/C8H9ClF3N3O/c1-16-3-2-13-6-4-5(8(10,11)12)14-7(9)15-6/h4H,2-3H2,1H3,(H,13,14,15). The summed E-state index contributed by atoms with van der Waals surface area (Å²) in [6.07, 6.45) is -4.54. The van der Waals surface area contributed by atoms with Gasteiger partial charge in [0, 0.05) is 19.7 Å². The predicted octanol–water partition coefficient (Wildman–Crippen LogP) is 2.21. The third-order valence-corrected chi connectivity index (χ3v) is 1.77. The maximum atomic E-state index is 12.3. The number of ether oxygens (including phenoxy) is 1. The molecule has 1 heterocycles. The van der Waals surface area contributed by atoms with Gasteiger partial charge in [0.25, 0.3) is 0 Å². The third-order valence-electron chi connectivity index (χ3n) is 1.60. The smallest absolute Gasteiger partial charge is 0.383 e. The molecule has 8 heteroatoms. The van der Waals surface area contributed by atoms with Gasteiger partial charge in [0.1, 0.15) is 5.82 Å². The fourth-order valence-electron chi connectivity index (χ4n) is 0.935. The van der Waals surface area contributed by atoms with E-state index in [1.165, 1.54) is 7.11 Å². The van der Waals surface area contributed by atoms with Crippen molar-refractivity contribution in [3.8, 4) is 0 Å². The number of nitrogens with zero attached hydrogens (tertiary/aromatic N) is 2. The highest BCUT2D eigenvalue weighted by Gasteiger charge is 2.33. The molecule has 0 fully saturated rings. The van der Waals surface area contributed by atoms with Gasteiger partial charge >= 0.3 is 6.18 Å². The molecule has 1 aromatic heterocycles. The zero-order valence-electron chi connectivity index (χ0n) is 8.31.